The van der Waals surface area contributed by atoms with Crippen LogP contribution in [0.15, 0.2) is 36.4 Å². The molecule has 24 heavy (non-hydrogen) atoms. The summed E-state index contributed by atoms with van der Waals surface area (Å²) >= 11 is 12.0. The first-order valence-corrected chi connectivity index (χ1v) is 8.82. The van der Waals surface area contributed by atoms with Crippen molar-refractivity contribution in [3.63, 3.8) is 0 Å². The van der Waals surface area contributed by atoms with Crippen LogP contribution in [0.3, 0.4) is 0 Å². The zero-order valence-corrected chi connectivity index (χ0v) is 14.8. The highest BCUT2D eigenvalue weighted by Gasteiger charge is 2.12. The summed E-state index contributed by atoms with van der Waals surface area (Å²) in [6.07, 6.45) is 4.09. The van der Waals surface area contributed by atoms with Crippen LogP contribution in [0.5, 0.6) is 5.75 Å². The molecule has 0 unspecified atom stereocenters. The quantitative estimate of drug-likeness (QED) is 0.834. The number of rotatable bonds is 6. The highest BCUT2D eigenvalue weighted by Crippen LogP contribution is 2.26. The van der Waals surface area contributed by atoms with Gasteiger partial charge in [0.2, 0.25) is 0 Å². The zero-order valence-electron chi connectivity index (χ0n) is 13.3. The minimum atomic E-state index is -0.138. The second-order valence-corrected chi connectivity index (χ2v) is 6.75. The third-order valence-corrected chi connectivity index (χ3v) is 4.76. The molecule has 0 aromatic heterocycles. The molecule has 0 heterocycles. The van der Waals surface area contributed by atoms with Crippen LogP contribution in [0.4, 0.5) is 0 Å². The average Bonchev–Trinajstić information content (AvgIpc) is 3.02. The SMILES string of the molecule is O=C(COc1ccc2c(c1)CCC2)NCCc1ccc(Cl)cc1Cl. The van der Waals surface area contributed by atoms with E-state index >= 15 is 0 Å². The first-order chi connectivity index (χ1) is 11.6. The molecular formula is C19H19Cl2NO2. The normalized spacial score (nSPS) is 12.8. The molecule has 2 aromatic rings. The number of halogens is 2. The third-order valence-electron chi connectivity index (χ3n) is 4.17. The Morgan fingerprint density at radius 3 is 2.75 bits per heavy atom. The number of aryl methyl sites for hydroxylation is 2. The fourth-order valence-electron chi connectivity index (χ4n) is 2.90. The van der Waals surface area contributed by atoms with Crippen molar-refractivity contribution in [1.82, 2.24) is 5.32 Å². The number of carbonyl (C=O) groups excluding carboxylic acids is 1. The van der Waals surface area contributed by atoms with Gasteiger partial charge in [-0.2, -0.15) is 0 Å². The molecule has 2 aromatic carbocycles. The predicted molar refractivity (Wildman–Crippen MR) is 97.1 cm³/mol. The molecule has 0 aliphatic heterocycles. The van der Waals surface area contributed by atoms with Crippen LogP contribution in [0, 0.1) is 0 Å². The van der Waals surface area contributed by atoms with E-state index in [4.69, 9.17) is 27.9 Å². The Hall–Kier alpha value is -1.71. The van der Waals surface area contributed by atoms with Crippen molar-refractivity contribution in [3.8, 4) is 5.75 Å². The number of amides is 1. The van der Waals surface area contributed by atoms with Gasteiger partial charge in [-0.1, -0.05) is 35.3 Å². The number of fused-ring (bicyclic) bond motifs is 1. The smallest absolute Gasteiger partial charge is 0.257 e. The van der Waals surface area contributed by atoms with E-state index in [0.29, 0.717) is 23.0 Å². The van der Waals surface area contributed by atoms with Gasteiger partial charge in [-0.3, -0.25) is 4.79 Å². The van der Waals surface area contributed by atoms with Crippen molar-refractivity contribution < 1.29 is 9.53 Å². The number of hydrogen-bond acceptors (Lipinski definition) is 2. The van der Waals surface area contributed by atoms with E-state index in [1.54, 1.807) is 12.1 Å². The molecule has 1 aliphatic rings. The van der Waals surface area contributed by atoms with Gasteiger partial charge < -0.3 is 10.1 Å². The Labute approximate surface area is 151 Å². The maximum absolute atomic E-state index is 11.9. The monoisotopic (exact) mass is 363 g/mol. The molecule has 3 rings (SSSR count). The minimum absolute atomic E-state index is 0.0210. The van der Waals surface area contributed by atoms with Gasteiger partial charge in [-0.15, -0.1) is 0 Å². The largest absolute Gasteiger partial charge is 0.484 e. The lowest BCUT2D eigenvalue weighted by Crippen LogP contribution is -2.30. The lowest BCUT2D eigenvalue weighted by Gasteiger charge is -2.09. The van der Waals surface area contributed by atoms with Crippen molar-refractivity contribution in [1.29, 1.82) is 0 Å². The average molecular weight is 364 g/mol. The van der Waals surface area contributed by atoms with Gasteiger partial charge in [-0.05, 0) is 66.6 Å². The summed E-state index contributed by atoms with van der Waals surface area (Å²) in [7, 11) is 0. The lowest BCUT2D eigenvalue weighted by atomic mass is 10.1. The summed E-state index contributed by atoms with van der Waals surface area (Å²) in [4.78, 5) is 11.9. The maximum Gasteiger partial charge on any atom is 0.257 e. The van der Waals surface area contributed by atoms with Gasteiger partial charge in [0.05, 0.1) is 0 Å². The van der Waals surface area contributed by atoms with Crippen LogP contribution in [0.2, 0.25) is 10.0 Å². The van der Waals surface area contributed by atoms with Crippen molar-refractivity contribution in [2.45, 2.75) is 25.7 Å². The van der Waals surface area contributed by atoms with E-state index in [1.807, 2.05) is 18.2 Å². The molecular weight excluding hydrogens is 345 g/mol. The summed E-state index contributed by atoms with van der Waals surface area (Å²) in [5.41, 5.74) is 3.69. The van der Waals surface area contributed by atoms with Crippen LogP contribution in [-0.4, -0.2) is 19.1 Å². The van der Waals surface area contributed by atoms with E-state index in [0.717, 1.165) is 24.2 Å². The molecule has 0 fully saturated rings. The first kappa shape index (κ1) is 17.1. The number of carbonyl (C=O) groups is 1. The first-order valence-electron chi connectivity index (χ1n) is 8.07. The molecule has 3 nitrogen and oxygen atoms in total. The fourth-order valence-corrected chi connectivity index (χ4v) is 3.40. The molecule has 126 valence electrons. The van der Waals surface area contributed by atoms with Gasteiger partial charge >= 0.3 is 0 Å². The molecule has 0 atom stereocenters. The molecule has 0 spiro atoms. The van der Waals surface area contributed by atoms with Crippen molar-refractivity contribution >= 4 is 29.1 Å². The lowest BCUT2D eigenvalue weighted by molar-refractivity contribution is -0.123. The number of hydrogen-bond donors (Lipinski definition) is 1. The van der Waals surface area contributed by atoms with Crippen LogP contribution in [0.25, 0.3) is 0 Å². The van der Waals surface area contributed by atoms with E-state index in [2.05, 4.69) is 11.4 Å². The Balaban J connectivity index is 1.43. The van der Waals surface area contributed by atoms with Gasteiger partial charge in [0.1, 0.15) is 5.75 Å². The maximum atomic E-state index is 11.9. The highest BCUT2D eigenvalue weighted by atomic mass is 35.5. The summed E-state index contributed by atoms with van der Waals surface area (Å²) in [5, 5.41) is 4.06. The van der Waals surface area contributed by atoms with E-state index in [-0.39, 0.29) is 12.5 Å². The predicted octanol–water partition coefficient (Wildman–Crippen LogP) is 4.22. The van der Waals surface area contributed by atoms with E-state index in [9.17, 15) is 4.79 Å². The topological polar surface area (TPSA) is 38.3 Å². The summed E-state index contributed by atoms with van der Waals surface area (Å²) in [6, 6.07) is 11.4. The fraction of sp³-hybridized carbons (Fsp3) is 0.316. The van der Waals surface area contributed by atoms with Crippen LogP contribution >= 0.6 is 23.2 Å². The van der Waals surface area contributed by atoms with Gasteiger partial charge in [-0.25, -0.2) is 0 Å². The number of benzene rings is 2. The van der Waals surface area contributed by atoms with Gasteiger partial charge in [0.25, 0.3) is 5.91 Å². The second-order valence-electron chi connectivity index (χ2n) is 5.91. The van der Waals surface area contributed by atoms with Crippen LogP contribution < -0.4 is 10.1 Å². The molecule has 0 bridgehead atoms. The number of ether oxygens (including phenoxy) is 1. The number of nitrogens with one attached hydrogen (secondary N) is 1. The Kier molecular flexibility index (Phi) is 5.64. The minimum Gasteiger partial charge on any atom is -0.484 e. The molecule has 0 radical (unpaired) electrons. The van der Waals surface area contributed by atoms with Crippen molar-refractivity contribution in [3.05, 3.63) is 63.1 Å². The summed E-state index contributed by atoms with van der Waals surface area (Å²) in [6.45, 7) is 0.529. The second kappa shape index (κ2) is 7.91. The summed E-state index contributed by atoms with van der Waals surface area (Å²) < 4.78 is 5.58. The van der Waals surface area contributed by atoms with Crippen LogP contribution in [0.1, 0.15) is 23.1 Å². The van der Waals surface area contributed by atoms with Gasteiger partial charge in [0, 0.05) is 16.6 Å². The Bertz CT molecular complexity index is 746. The standard InChI is InChI=1S/C19H19Cl2NO2/c20-16-6-4-14(18(21)11-16)8-9-22-19(23)12-24-17-7-5-13-2-1-3-15(13)10-17/h4-7,10-11H,1-3,8-9,12H2,(H,22,23). The molecule has 0 saturated heterocycles. The molecule has 1 aliphatic carbocycles. The van der Waals surface area contributed by atoms with Gasteiger partial charge in [0.15, 0.2) is 6.61 Å². The Morgan fingerprint density at radius 2 is 1.92 bits per heavy atom. The van der Waals surface area contributed by atoms with E-state index in [1.165, 1.54) is 17.5 Å². The third kappa shape index (κ3) is 4.43. The Morgan fingerprint density at radius 1 is 1.08 bits per heavy atom. The molecule has 5 heteroatoms. The van der Waals surface area contributed by atoms with Crippen LogP contribution in [-0.2, 0) is 24.1 Å². The molecule has 1 amide bonds. The summed E-state index contributed by atoms with van der Waals surface area (Å²) in [5.74, 6) is 0.618. The van der Waals surface area contributed by atoms with Crippen molar-refractivity contribution in [2.24, 2.45) is 0 Å². The highest BCUT2D eigenvalue weighted by molar-refractivity contribution is 6.35. The zero-order chi connectivity index (χ0) is 16.9. The van der Waals surface area contributed by atoms with Crippen molar-refractivity contribution in [2.75, 3.05) is 13.2 Å². The molecule has 1 N–H and O–H groups in total. The molecule has 0 saturated carbocycles. The van der Waals surface area contributed by atoms with E-state index < -0.39 is 0 Å².